The number of Topliss-reactive ketones (excluding diaryl/α,β-unsaturated/α-hetero) is 2. The van der Waals surface area contributed by atoms with Crippen molar-refractivity contribution < 1.29 is 60.7 Å². The molecule has 0 spiro atoms. The number of hydrogen-bond donors (Lipinski definition) is 10. The predicted molar refractivity (Wildman–Crippen MR) is 74.4 cm³/mol. The molecule has 0 aromatic carbocycles. The van der Waals surface area contributed by atoms with Crippen LogP contribution in [-0.4, -0.2) is 126 Å². The van der Waals surface area contributed by atoms with Crippen molar-refractivity contribution in [2.24, 2.45) is 0 Å². The molecular weight excluding hydrogens is 336 g/mol. The van der Waals surface area contributed by atoms with Crippen molar-refractivity contribution in [1.82, 2.24) is 0 Å². The lowest BCUT2D eigenvalue weighted by atomic mass is 10.1. The van der Waals surface area contributed by atoms with E-state index in [4.69, 9.17) is 51.1 Å². The van der Waals surface area contributed by atoms with E-state index in [1.807, 2.05) is 0 Å². The highest BCUT2D eigenvalue weighted by Crippen LogP contribution is 2.01. The fraction of sp³-hybridized carbons (Fsp3) is 0.833. The van der Waals surface area contributed by atoms with Gasteiger partial charge in [-0.25, -0.2) is 0 Å². The predicted octanol–water partition coefficient (Wildman–Crippen LogP) is -6.75. The molecule has 0 saturated carbocycles. The molecule has 0 radical (unpaired) electrons. The zero-order valence-corrected chi connectivity index (χ0v) is 12.6. The van der Waals surface area contributed by atoms with Gasteiger partial charge in [-0.05, 0) is 0 Å². The molecule has 10 N–H and O–H groups in total. The fourth-order valence-electron chi connectivity index (χ4n) is 1.20. The summed E-state index contributed by atoms with van der Waals surface area (Å²) in [5.74, 6) is -2.01. The van der Waals surface area contributed by atoms with Gasteiger partial charge in [0.05, 0.1) is 13.2 Å². The molecule has 0 saturated heterocycles. The normalized spacial score (nSPS) is 18.4. The highest BCUT2D eigenvalue weighted by Gasteiger charge is 2.29. The van der Waals surface area contributed by atoms with E-state index in [-0.39, 0.29) is 0 Å². The maximum Gasteiger partial charge on any atom is 0.189 e. The van der Waals surface area contributed by atoms with Crippen molar-refractivity contribution in [3.05, 3.63) is 0 Å². The molecule has 0 fully saturated rings. The first kappa shape index (κ1) is 25.2. The van der Waals surface area contributed by atoms with Gasteiger partial charge in [-0.1, -0.05) is 0 Å². The minimum atomic E-state index is -1.86. The number of ketones is 2. The second-order valence-electron chi connectivity index (χ2n) is 4.62. The number of hydrogen-bond acceptors (Lipinski definition) is 12. The largest absolute Gasteiger partial charge is 0.394 e. The van der Waals surface area contributed by atoms with Gasteiger partial charge in [-0.2, -0.15) is 0 Å². The van der Waals surface area contributed by atoms with Gasteiger partial charge < -0.3 is 51.1 Å². The topological polar surface area (TPSA) is 236 Å². The van der Waals surface area contributed by atoms with Gasteiger partial charge >= 0.3 is 0 Å². The zero-order chi connectivity index (χ0) is 19.4. The van der Waals surface area contributed by atoms with Crippen LogP contribution in [0.1, 0.15) is 0 Å². The van der Waals surface area contributed by atoms with Gasteiger partial charge in [0.15, 0.2) is 11.6 Å². The van der Waals surface area contributed by atoms with Crippen molar-refractivity contribution in [2.45, 2.75) is 36.6 Å². The summed E-state index contributed by atoms with van der Waals surface area (Å²) in [5, 5.41) is 86.1. The summed E-state index contributed by atoms with van der Waals surface area (Å²) in [6.07, 6.45) is -10.4. The van der Waals surface area contributed by atoms with Gasteiger partial charge in [0.1, 0.15) is 49.8 Å². The van der Waals surface area contributed by atoms with E-state index in [2.05, 4.69) is 0 Å². The van der Waals surface area contributed by atoms with Crippen molar-refractivity contribution >= 4 is 11.6 Å². The molecule has 0 unspecified atom stereocenters. The Bertz CT molecular complexity index is 328. The second kappa shape index (κ2) is 13.3. The van der Waals surface area contributed by atoms with E-state index in [0.29, 0.717) is 0 Å². The Hall–Kier alpha value is -1.06. The molecule has 0 aliphatic carbocycles. The van der Waals surface area contributed by atoms with E-state index in [1.165, 1.54) is 0 Å². The van der Waals surface area contributed by atoms with Crippen LogP contribution in [0.4, 0.5) is 0 Å². The van der Waals surface area contributed by atoms with E-state index in [0.717, 1.165) is 0 Å². The Morgan fingerprint density at radius 2 is 0.833 bits per heavy atom. The number of aliphatic hydroxyl groups is 10. The van der Waals surface area contributed by atoms with E-state index in [9.17, 15) is 9.59 Å². The van der Waals surface area contributed by atoms with Crippen LogP contribution in [0.5, 0.6) is 0 Å². The van der Waals surface area contributed by atoms with Crippen molar-refractivity contribution in [3.8, 4) is 0 Å². The van der Waals surface area contributed by atoms with E-state index >= 15 is 0 Å². The summed E-state index contributed by atoms with van der Waals surface area (Å²) >= 11 is 0. The quantitative estimate of drug-likeness (QED) is 0.175. The number of carbonyl (C=O) groups is 2. The molecule has 6 atom stereocenters. The average Bonchev–Trinajstić information content (AvgIpc) is 2.62. The second-order valence-corrected chi connectivity index (χ2v) is 4.62. The molecule has 144 valence electrons. The maximum absolute atomic E-state index is 10.5. The molecule has 0 aromatic heterocycles. The number of rotatable bonds is 10. The van der Waals surface area contributed by atoms with Crippen molar-refractivity contribution in [1.29, 1.82) is 0 Å². The molecular formula is C12H24O12. The monoisotopic (exact) mass is 360 g/mol. The van der Waals surface area contributed by atoms with Crippen LogP contribution in [0.15, 0.2) is 0 Å². The smallest absolute Gasteiger partial charge is 0.189 e. The molecule has 12 heteroatoms. The third-order valence-electron chi connectivity index (χ3n) is 2.78. The van der Waals surface area contributed by atoms with Crippen LogP contribution < -0.4 is 0 Å². The molecule has 0 aliphatic heterocycles. The van der Waals surface area contributed by atoms with Crippen molar-refractivity contribution in [2.75, 3.05) is 26.4 Å². The molecule has 0 aliphatic rings. The van der Waals surface area contributed by atoms with E-state index in [1.54, 1.807) is 0 Å². The first-order valence-corrected chi connectivity index (χ1v) is 6.66. The third kappa shape index (κ3) is 8.70. The highest BCUT2D eigenvalue weighted by atomic mass is 16.4. The molecule has 0 aromatic rings. The Morgan fingerprint density at radius 1 is 0.583 bits per heavy atom. The number of carbonyl (C=O) groups excluding carboxylic acids is 2. The minimum absolute atomic E-state index is 0.767. The molecule has 24 heavy (non-hydrogen) atoms. The van der Waals surface area contributed by atoms with Crippen LogP contribution in [0.2, 0.25) is 0 Å². The number of aliphatic hydroxyl groups excluding tert-OH is 10. The van der Waals surface area contributed by atoms with Gasteiger partial charge in [-0.15, -0.1) is 0 Å². The molecule has 0 heterocycles. The summed E-state index contributed by atoms with van der Waals surface area (Å²) < 4.78 is 0. The Kier molecular flexibility index (Phi) is 13.9. The summed E-state index contributed by atoms with van der Waals surface area (Å²) in [6.45, 7) is -3.37. The van der Waals surface area contributed by atoms with Gasteiger partial charge in [0.25, 0.3) is 0 Å². The van der Waals surface area contributed by atoms with E-state index < -0.39 is 74.6 Å². The zero-order valence-electron chi connectivity index (χ0n) is 12.6. The summed E-state index contributed by atoms with van der Waals surface area (Å²) in [4.78, 5) is 21.0. The lowest BCUT2D eigenvalue weighted by Gasteiger charge is -2.19. The minimum Gasteiger partial charge on any atom is -0.394 e. The fourth-order valence-corrected chi connectivity index (χ4v) is 1.20. The first-order valence-electron chi connectivity index (χ1n) is 6.66. The molecule has 0 bridgehead atoms. The van der Waals surface area contributed by atoms with Crippen LogP contribution in [0, 0.1) is 0 Å². The first-order chi connectivity index (χ1) is 11.1. The lowest BCUT2D eigenvalue weighted by Crippen LogP contribution is -2.44. The standard InChI is InChI=1S/2C6H12O6/c2*7-1-3(9)5(11)6(12)4(10)2-8/h2*3,5-9,11-12H,1-2H2/t2*3-,5-,6-/m11/s1. The van der Waals surface area contributed by atoms with Crippen LogP contribution >= 0.6 is 0 Å². The van der Waals surface area contributed by atoms with Gasteiger partial charge in [0, 0.05) is 0 Å². The average molecular weight is 360 g/mol. The Labute approximate surface area is 136 Å². The summed E-state index contributed by atoms with van der Waals surface area (Å²) in [5.41, 5.74) is 0. The summed E-state index contributed by atoms with van der Waals surface area (Å²) in [6, 6.07) is 0. The molecule has 0 amide bonds. The van der Waals surface area contributed by atoms with Crippen LogP contribution in [-0.2, 0) is 9.59 Å². The van der Waals surface area contributed by atoms with Crippen molar-refractivity contribution in [3.63, 3.8) is 0 Å². The Balaban J connectivity index is 0. The van der Waals surface area contributed by atoms with Crippen LogP contribution in [0.3, 0.4) is 0 Å². The molecule has 0 rings (SSSR count). The maximum atomic E-state index is 10.5. The lowest BCUT2D eigenvalue weighted by molar-refractivity contribution is -0.143. The SMILES string of the molecule is O=C(CO)[C@@H](O)[C@H](O)[C@H](O)CO.O=C(CO)[C@@H](O)[C@H](O)[C@H](O)CO. The summed E-state index contributed by atoms with van der Waals surface area (Å²) in [7, 11) is 0. The third-order valence-corrected chi connectivity index (χ3v) is 2.78. The molecule has 12 nitrogen and oxygen atoms in total. The van der Waals surface area contributed by atoms with Gasteiger partial charge in [-0.3, -0.25) is 9.59 Å². The van der Waals surface area contributed by atoms with Crippen LogP contribution in [0.25, 0.3) is 0 Å². The highest BCUT2D eigenvalue weighted by molar-refractivity contribution is 5.84. The Morgan fingerprint density at radius 3 is 1.00 bits per heavy atom. The van der Waals surface area contributed by atoms with Gasteiger partial charge in [0.2, 0.25) is 0 Å².